The average molecular weight is 245 g/mol. The Balaban J connectivity index is 1.93. The first-order chi connectivity index (χ1) is 8.75. The minimum absolute atomic E-state index is 0.120. The van der Waals surface area contributed by atoms with Crippen LogP contribution in [0.3, 0.4) is 0 Å². The highest BCUT2D eigenvalue weighted by atomic mass is 16.2. The van der Waals surface area contributed by atoms with E-state index in [4.69, 9.17) is 0 Å². The van der Waals surface area contributed by atoms with Gasteiger partial charge in [-0.05, 0) is 12.5 Å². The summed E-state index contributed by atoms with van der Waals surface area (Å²) in [5.41, 5.74) is 2.32. The number of rotatable bonds is 1. The highest BCUT2D eigenvalue weighted by Crippen LogP contribution is 2.27. The molecule has 3 rings (SSSR count). The number of aryl methyl sites for hydroxylation is 1. The van der Waals surface area contributed by atoms with Gasteiger partial charge in [0, 0.05) is 32.2 Å². The van der Waals surface area contributed by atoms with E-state index in [9.17, 15) is 4.79 Å². The molecule has 2 aliphatic heterocycles. The molecule has 0 saturated carbocycles. The summed E-state index contributed by atoms with van der Waals surface area (Å²) in [5.74, 6) is 0.138. The molecule has 2 atom stereocenters. The molecule has 0 aliphatic carbocycles. The molecule has 18 heavy (non-hydrogen) atoms. The Hall–Kier alpha value is -1.39. The molecule has 4 nitrogen and oxygen atoms in total. The largest absolute Gasteiger partial charge is 0.353 e. The predicted octanol–water partition coefficient (Wildman–Crippen LogP) is 0.440. The summed E-state index contributed by atoms with van der Waals surface area (Å²) >= 11 is 0. The maximum absolute atomic E-state index is 12.2. The van der Waals surface area contributed by atoms with E-state index in [1.54, 1.807) is 0 Å². The quantitative estimate of drug-likeness (QED) is 0.754. The van der Waals surface area contributed by atoms with Gasteiger partial charge in [-0.25, -0.2) is 0 Å². The van der Waals surface area contributed by atoms with Crippen LogP contribution in [0.2, 0.25) is 0 Å². The molecule has 0 spiro atoms. The molecule has 1 amide bonds. The summed E-state index contributed by atoms with van der Waals surface area (Å²) in [6.45, 7) is 5.69. The van der Waals surface area contributed by atoms with Crippen molar-refractivity contribution in [2.75, 3.05) is 26.2 Å². The normalized spacial score (nSPS) is 28.6. The lowest BCUT2D eigenvalue weighted by Crippen LogP contribution is -2.63. The van der Waals surface area contributed by atoms with Gasteiger partial charge in [0.05, 0.1) is 0 Å². The fourth-order valence-electron chi connectivity index (χ4n) is 2.95. The third-order valence-corrected chi connectivity index (χ3v) is 3.85. The number of nitrogens with one attached hydrogen (secondary N) is 2. The lowest BCUT2D eigenvalue weighted by Gasteiger charge is -2.44. The van der Waals surface area contributed by atoms with Gasteiger partial charge in [0.25, 0.3) is 0 Å². The molecular formula is C14H19N3O. The number of hydrogen-bond donors (Lipinski definition) is 2. The Kier molecular flexibility index (Phi) is 3.06. The van der Waals surface area contributed by atoms with Crippen molar-refractivity contribution in [3.05, 3.63) is 35.4 Å². The van der Waals surface area contributed by atoms with Gasteiger partial charge in [-0.3, -0.25) is 9.69 Å². The minimum atomic E-state index is -0.120. The Labute approximate surface area is 107 Å². The summed E-state index contributed by atoms with van der Waals surface area (Å²) in [4.78, 5) is 14.5. The van der Waals surface area contributed by atoms with E-state index in [0.717, 1.165) is 31.7 Å². The van der Waals surface area contributed by atoms with E-state index < -0.39 is 0 Å². The lowest BCUT2D eigenvalue weighted by molar-refractivity contribution is -0.132. The summed E-state index contributed by atoms with van der Waals surface area (Å²) in [6, 6.07) is 8.58. The number of carbonyl (C=O) groups excluding carboxylic acids is 1. The number of amides is 1. The zero-order chi connectivity index (χ0) is 12.5. The summed E-state index contributed by atoms with van der Waals surface area (Å²) in [5, 5.41) is 6.42. The average Bonchev–Trinajstić information content (AvgIpc) is 2.38. The fraction of sp³-hybridized carbons (Fsp3) is 0.500. The molecule has 2 N–H and O–H groups in total. The first kappa shape index (κ1) is 11.7. The highest BCUT2D eigenvalue weighted by molar-refractivity contribution is 5.84. The Morgan fingerprint density at radius 1 is 1.33 bits per heavy atom. The van der Waals surface area contributed by atoms with Crippen molar-refractivity contribution >= 4 is 5.91 Å². The van der Waals surface area contributed by atoms with Crippen molar-refractivity contribution < 1.29 is 4.79 Å². The van der Waals surface area contributed by atoms with E-state index in [1.165, 1.54) is 5.56 Å². The zero-order valence-electron chi connectivity index (χ0n) is 10.6. The van der Waals surface area contributed by atoms with Gasteiger partial charge in [-0.1, -0.05) is 29.8 Å². The number of nitrogens with zero attached hydrogens (tertiary/aromatic N) is 1. The van der Waals surface area contributed by atoms with Crippen LogP contribution in [0.15, 0.2) is 24.3 Å². The van der Waals surface area contributed by atoms with Crippen LogP contribution in [-0.4, -0.2) is 43.0 Å². The molecule has 2 fully saturated rings. The molecule has 0 bridgehead atoms. The number of benzene rings is 1. The predicted molar refractivity (Wildman–Crippen MR) is 70.3 cm³/mol. The van der Waals surface area contributed by atoms with Gasteiger partial charge in [0.1, 0.15) is 6.04 Å². The Morgan fingerprint density at radius 2 is 2.22 bits per heavy atom. The molecule has 1 aromatic rings. The lowest BCUT2D eigenvalue weighted by atomic mass is 9.97. The molecule has 96 valence electrons. The fourth-order valence-corrected chi connectivity index (χ4v) is 2.95. The second-order valence-electron chi connectivity index (χ2n) is 5.16. The molecule has 0 radical (unpaired) electrons. The second-order valence-corrected chi connectivity index (χ2v) is 5.16. The van der Waals surface area contributed by atoms with Crippen molar-refractivity contribution in [3.63, 3.8) is 0 Å². The minimum Gasteiger partial charge on any atom is -0.353 e. The van der Waals surface area contributed by atoms with E-state index in [-0.39, 0.29) is 11.9 Å². The number of carbonyl (C=O) groups is 1. The molecule has 2 unspecified atom stereocenters. The smallest absolute Gasteiger partial charge is 0.242 e. The standard InChI is InChI=1S/C14H19N3O/c1-10-3-2-4-11(7-10)13-14(18)16-9-12-8-15-5-6-17(12)13/h2-4,7,12-13,15H,5-6,8-9H2,1H3,(H,16,18). The Morgan fingerprint density at radius 3 is 3.06 bits per heavy atom. The van der Waals surface area contributed by atoms with Crippen LogP contribution in [0.1, 0.15) is 17.2 Å². The molecule has 1 aromatic carbocycles. The van der Waals surface area contributed by atoms with Crippen LogP contribution in [-0.2, 0) is 4.79 Å². The zero-order valence-corrected chi connectivity index (χ0v) is 10.6. The topological polar surface area (TPSA) is 44.4 Å². The molecule has 2 saturated heterocycles. The van der Waals surface area contributed by atoms with Crippen LogP contribution in [0.5, 0.6) is 0 Å². The molecule has 2 heterocycles. The maximum Gasteiger partial charge on any atom is 0.242 e. The van der Waals surface area contributed by atoms with Crippen molar-refractivity contribution in [2.45, 2.75) is 19.0 Å². The Bertz CT molecular complexity index is 460. The van der Waals surface area contributed by atoms with E-state index in [0.29, 0.717) is 6.04 Å². The SMILES string of the molecule is Cc1cccc(C2C(=O)NCC3CNCCN32)c1. The third kappa shape index (κ3) is 2.02. The monoisotopic (exact) mass is 245 g/mol. The maximum atomic E-state index is 12.2. The van der Waals surface area contributed by atoms with Crippen molar-refractivity contribution in [1.82, 2.24) is 15.5 Å². The van der Waals surface area contributed by atoms with Crippen LogP contribution in [0.4, 0.5) is 0 Å². The first-order valence-corrected chi connectivity index (χ1v) is 6.56. The van der Waals surface area contributed by atoms with E-state index in [2.05, 4.69) is 40.7 Å². The van der Waals surface area contributed by atoms with Crippen molar-refractivity contribution in [2.24, 2.45) is 0 Å². The van der Waals surface area contributed by atoms with Gasteiger partial charge in [-0.15, -0.1) is 0 Å². The highest BCUT2D eigenvalue weighted by Gasteiger charge is 2.38. The summed E-state index contributed by atoms with van der Waals surface area (Å²) in [7, 11) is 0. The van der Waals surface area contributed by atoms with Crippen LogP contribution in [0, 0.1) is 6.92 Å². The van der Waals surface area contributed by atoms with Crippen LogP contribution < -0.4 is 10.6 Å². The van der Waals surface area contributed by atoms with Crippen LogP contribution in [0.25, 0.3) is 0 Å². The number of fused-ring (bicyclic) bond motifs is 1. The van der Waals surface area contributed by atoms with Crippen LogP contribution >= 0.6 is 0 Å². The first-order valence-electron chi connectivity index (χ1n) is 6.56. The third-order valence-electron chi connectivity index (χ3n) is 3.85. The van der Waals surface area contributed by atoms with Gasteiger partial charge < -0.3 is 10.6 Å². The van der Waals surface area contributed by atoms with Gasteiger partial charge in [0.15, 0.2) is 0 Å². The van der Waals surface area contributed by atoms with E-state index in [1.807, 2.05) is 6.07 Å². The summed E-state index contributed by atoms with van der Waals surface area (Å²) < 4.78 is 0. The molecule has 2 aliphatic rings. The molecular weight excluding hydrogens is 226 g/mol. The number of piperazine rings is 2. The second kappa shape index (κ2) is 4.71. The van der Waals surface area contributed by atoms with Gasteiger partial charge in [0.2, 0.25) is 5.91 Å². The van der Waals surface area contributed by atoms with Crippen molar-refractivity contribution in [1.29, 1.82) is 0 Å². The van der Waals surface area contributed by atoms with Crippen molar-refractivity contribution in [3.8, 4) is 0 Å². The molecule has 0 aromatic heterocycles. The number of hydrogen-bond acceptors (Lipinski definition) is 3. The van der Waals surface area contributed by atoms with Gasteiger partial charge >= 0.3 is 0 Å². The summed E-state index contributed by atoms with van der Waals surface area (Å²) in [6.07, 6.45) is 0. The van der Waals surface area contributed by atoms with Gasteiger partial charge in [-0.2, -0.15) is 0 Å². The van der Waals surface area contributed by atoms with E-state index >= 15 is 0 Å². The molecule has 4 heteroatoms.